The molecule has 28 heavy (non-hydrogen) atoms. The maximum atomic E-state index is 13.3. The monoisotopic (exact) mass is 372 g/mol. The summed E-state index contributed by atoms with van der Waals surface area (Å²) in [4.78, 5) is 38.0. The highest BCUT2D eigenvalue weighted by molar-refractivity contribution is 6.26. The predicted octanol–water partition coefficient (Wildman–Crippen LogP) is 3.04. The second-order valence-corrected chi connectivity index (χ2v) is 7.05. The summed E-state index contributed by atoms with van der Waals surface area (Å²) in [7, 11) is 2.73. The summed E-state index contributed by atoms with van der Waals surface area (Å²) >= 11 is 0. The Labute approximate surface area is 161 Å². The number of benzene rings is 2. The molecule has 2 atom stereocenters. The van der Waals surface area contributed by atoms with Crippen molar-refractivity contribution in [1.29, 1.82) is 0 Å². The molecule has 0 saturated heterocycles. The van der Waals surface area contributed by atoms with Crippen molar-refractivity contribution in [2.75, 3.05) is 14.2 Å². The highest BCUT2D eigenvalue weighted by Crippen LogP contribution is 2.57. The Morgan fingerprint density at radius 3 is 1.75 bits per heavy atom. The van der Waals surface area contributed by atoms with E-state index < -0.39 is 5.92 Å². The van der Waals surface area contributed by atoms with Gasteiger partial charge in [0.1, 0.15) is 6.29 Å². The van der Waals surface area contributed by atoms with Gasteiger partial charge in [0.25, 0.3) is 0 Å². The van der Waals surface area contributed by atoms with Crippen molar-refractivity contribution in [2.24, 2.45) is 0 Å². The zero-order valence-electron chi connectivity index (χ0n) is 15.3. The number of carbonyl (C=O) groups excluding carboxylic acids is 3. The van der Waals surface area contributed by atoms with Crippen molar-refractivity contribution in [3.05, 3.63) is 92.9 Å². The van der Waals surface area contributed by atoms with Crippen LogP contribution < -0.4 is 0 Å². The van der Waals surface area contributed by atoms with Crippen LogP contribution in [-0.4, -0.2) is 32.1 Å². The lowest BCUT2D eigenvalue weighted by molar-refractivity contribution is -0.121. The zero-order chi connectivity index (χ0) is 19.6. The minimum Gasteiger partial charge on any atom is -0.489 e. The van der Waals surface area contributed by atoms with Gasteiger partial charge in [-0.25, -0.2) is 0 Å². The number of ether oxygens (including phenoxy) is 2. The van der Waals surface area contributed by atoms with E-state index in [0.717, 1.165) is 28.5 Å². The number of hydrogen-bond acceptors (Lipinski definition) is 5. The second-order valence-electron chi connectivity index (χ2n) is 7.05. The Bertz CT molecular complexity index is 1150. The molecule has 0 saturated carbocycles. The number of hydrogen-bond donors (Lipinski definition) is 0. The van der Waals surface area contributed by atoms with Gasteiger partial charge < -0.3 is 9.47 Å². The van der Waals surface area contributed by atoms with Crippen molar-refractivity contribution >= 4 is 17.9 Å². The number of ketones is 2. The average molecular weight is 372 g/mol. The Hall–Kier alpha value is -3.47. The lowest BCUT2D eigenvalue weighted by Crippen LogP contribution is -2.38. The van der Waals surface area contributed by atoms with Crippen LogP contribution in [0.4, 0.5) is 0 Å². The largest absolute Gasteiger partial charge is 0.489 e. The molecule has 0 radical (unpaired) electrons. The molecule has 0 heterocycles. The summed E-state index contributed by atoms with van der Waals surface area (Å²) < 4.78 is 10.5. The van der Waals surface area contributed by atoms with Crippen molar-refractivity contribution in [3.63, 3.8) is 0 Å². The molecule has 0 aromatic heterocycles. The molecule has 0 unspecified atom stereocenters. The van der Waals surface area contributed by atoms with E-state index in [1.54, 1.807) is 6.07 Å². The summed E-state index contributed by atoms with van der Waals surface area (Å²) in [5.41, 5.74) is 5.27. The van der Waals surface area contributed by atoms with E-state index in [1.807, 2.05) is 36.4 Å². The van der Waals surface area contributed by atoms with Gasteiger partial charge >= 0.3 is 0 Å². The molecule has 0 spiro atoms. The van der Waals surface area contributed by atoms with Crippen molar-refractivity contribution in [2.45, 2.75) is 11.8 Å². The average Bonchev–Trinajstić information content (AvgIpc) is 2.74. The predicted molar refractivity (Wildman–Crippen MR) is 100 cm³/mol. The fourth-order valence-electron chi connectivity index (χ4n) is 4.81. The highest BCUT2D eigenvalue weighted by atomic mass is 16.5. The number of carbonyl (C=O) groups is 3. The topological polar surface area (TPSA) is 69.7 Å². The van der Waals surface area contributed by atoms with E-state index in [4.69, 9.17) is 9.47 Å². The highest BCUT2D eigenvalue weighted by Gasteiger charge is 2.51. The van der Waals surface area contributed by atoms with E-state index in [0.29, 0.717) is 16.7 Å². The molecule has 0 aliphatic heterocycles. The SMILES string of the molecule is COC1=C(OC)C(=O)C2=C(C1=O)[C@@H]1c3ccccc3[C@H]2c2cc(C=O)ccc21. The number of allylic oxidation sites excluding steroid dienone is 2. The van der Waals surface area contributed by atoms with Crippen LogP contribution in [0.5, 0.6) is 0 Å². The first-order chi connectivity index (χ1) is 13.6. The molecule has 5 heteroatoms. The van der Waals surface area contributed by atoms with Crippen molar-refractivity contribution in [3.8, 4) is 0 Å². The summed E-state index contributed by atoms with van der Waals surface area (Å²) in [5, 5.41) is 0. The standard InChI is InChI=1S/C23H16O5/c1-27-22-20(25)18-16-12-5-3-4-6-13(12)17(19(18)21(26)23(22)28-2)15-9-11(10-24)7-8-14(15)16/h3-10,16-17H,1-2H3/t16-,17+/m1/s1. The quantitative estimate of drug-likeness (QED) is 0.612. The van der Waals surface area contributed by atoms with E-state index >= 15 is 0 Å². The van der Waals surface area contributed by atoms with Gasteiger partial charge in [0.05, 0.1) is 14.2 Å². The lowest BCUT2D eigenvalue weighted by atomic mass is 9.58. The van der Waals surface area contributed by atoms with Crippen LogP contribution in [0.1, 0.15) is 44.4 Å². The van der Waals surface area contributed by atoms with Gasteiger partial charge in [0, 0.05) is 28.5 Å². The van der Waals surface area contributed by atoms with Crippen LogP contribution >= 0.6 is 0 Å². The number of rotatable bonds is 3. The fraction of sp³-hybridized carbons (Fsp3) is 0.174. The molecule has 5 nitrogen and oxygen atoms in total. The molecule has 2 aromatic rings. The van der Waals surface area contributed by atoms with Gasteiger partial charge in [-0.2, -0.15) is 0 Å². The van der Waals surface area contributed by atoms with Crippen molar-refractivity contribution in [1.82, 2.24) is 0 Å². The molecule has 0 amide bonds. The Balaban J connectivity index is 1.84. The van der Waals surface area contributed by atoms with Crippen LogP contribution in [0.25, 0.3) is 0 Å². The lowest BCUT2D eigenvalue weighted by Gasteiger charge is -2.44. The molecule has 2 aromatic carbocycles. The second kappa shape index (κ2) is 5.76. The zero-order valence-corrected chi connectivity index (χ0v) is 15.3. The summed E-state index contributed by atoms with van der Waals surface area (Å²) in [6.45, 7) is 0. The van der Waals surface area contributed by atoms with E-state index in [1.165, 1.54) is 14.2 Å². The molecule has 2 bridgehead atoms. The first kappa shape index (κ1) is 16.7. The smallest absolute Gasteiger partial charge is 0.229 e. The van der Waals surface area contributed by atoms with Crippen LogP contribution in [0.2, 0.25) is 0 Å². The van der Waals surface area contributed by atoms with Crippen LogP contribution in [0.15, 0.2) is 65.1 Å². The normalized spacial score (nSPS) is 21.9. The molecule has 0 N–H and O–H groups in total. The van der Waals surface area contributed by atoms with Gasteiger partial charge in [-0.15, -0.1) is 0 Å². The maximum absolute atomic E-state index is 13.3. The molecule has 6 rings (SSSR count). The number of Topliss-reactive ketones (excluding diaryl/α,β-unsaturated/α-hetero) is 2. The number of methoxy groups -OCH3 is 2. The molecule has 138 valence electrons. The van der Waals surface area contributed by atoms with Crippen LogP contribution in [-0.2, 0) is 19.1 Å². The summed E-state index contributed by atoms with van der Waals surface area (Å²) in [5.74, 6) is -1.55. The fourth-order valence-corrected chi connectivity index (χ4v) is 4.81. The molecule has 4 aliphatic rings. The molecule has 4 aliphatic carbocycles. The summed E-state index contributed by atoms with van der Waals surface area (Å²) in [6.07, 6.45) is 0.793. The minimum absolute atomic E-state index is 0.0534. The number of aldehydes is 1. The van der Waals surface area contributed by atoms with Gasteiger partial charge in [0.2, 0.25) is 23.1 Å². The Morgan fingerprint density at radius 1 is 0.750 bits per heavy atom. The Morgan fingerprint density at radius 2 is 1.25 bits per heavy atom. The van der Waals surface area contributed by atoms with Crippen LogP contribution in [0, 0.1) is 0 Å². The van der Waals surface area contributed by atoms with E-state index in [-0.39, 0.29) is 29.0 Å². The van der Waals surface area contributed by atoms with Crippen molar-refractivity contribution < 1.29 is 23.9 Å². The van der Waals surface area contributed by atoms with Gasteiger partial charge in [-0.1, -0.05) is 36.4 Å². The molecular weight excluding hydrogens is 356 g/mol. The van der Waals surface area contributed by atoms with Crippen LogP contribution in [0.3, 0.4) is 0 Å². The van der Waals surface area contributed by atoms with Gasteiger partial charge in [0.15, 0.2) is 0 Å². The van der Waals surface area contributed by atoms with E-state index in [9.17, 15) is 14.4 Å². The van der Waals surface area contributed by atoms with Gasteiger partial charge in [-0.3, -0.25) is 14.4 Å². The van der Waals surface area contributed by atoms with E-state index in [2.05, 4.69) is 0 Å². The first-order valence-corrected chi connectivity index (χ1v) is 8.95. The maximum Gasteiger partial charge on any atom is 0.229 e. The third-order valence-electron chi connectivity index (χ3n) is 5.87. The minimum atomic E-state index is -0.411. The first-order valence-electron chi connectivity index (χ1n) is 8.95. The van der Waals surface area contributed by atoms with Gasteiger partial charge in [-0.05, 0) is 28.3 Å². The molecular formula is C23H16O5. The third kappa shape index (κ3) is 1.88. The summed E-state index contributed by atoms with van der Waals surface area (Å²) in [6, 6.07) is 13.3. The third-order valence-corrected chi connectivity index (χ3v) is 5.87. The molecule has 0 fully saturated rings. The Kier molecular flexibility index (Phi) is 3.43.